The minimum Gasteiger partial charge on any atom is -0.449 e. The lowest BCUT2D eigenvalue weighted by Crippen LogP contribution is -2.39. The predicted octanol–water partition coefficient (Wildman–Crippen LogP) is 4.79. The minimum atomic E-state index is -1.39. The van der Waals surface area contributed by atoms with Gasteiger partial charge in [-0.15, -0.1) is 6.58 Å². The van der Waals surface area contributed by atoms with Gasteiger partial charge < -0.3 is 14.7 Å². The van der Waals surface area contributed by atoms with E-state index in [4.69, 9.17) is 9.84 Å². The lowest BCUT2D eigenvalue weighted by molar-refractivity contribution is -0.124. The van der Waals surface area contributed by atoms with Crippen LogP contribution in [0.1, 0.15) is 19.3 Å². The third kappa shape index (κ3) is 3.74. The maximum Gasteiger partial charge on any atom is 0.512 e. The molecule has 25 heavy (non-hydrogen) atoms. The van der Waals surface area contributed by atoms with Crippen molar-refractivity contribution in [1.29, 1.82) is 0 Å². The second kappa shape index (κ2) is 7.53. The number of nitrogens with zero attached hydrogens (tertiary/aromatic N) is 1. The third-order valence-corrected chi connectivity index (χ3v) is 5.29. The summed E-state index contributed by atoms with van der Waals surface area (Å²) in [5, 5.41) is 9.26. The Morgan fingerprint density at radius 1 is 1.32 bits per heavy atom. The van der Waals surface area contributed by atoms with Crippen LogP contribution in [0.15, 0.2) is 49.1 Å². The number of thiophene rings is 1. The molecule has 1 N–H and O–H groups in total. The maximum absolute atomic E-state index is 12.8. The first-order chi connectivity index (χ1) is 12.1. The van der Waals surface area contributed by atoms with Crippen LogP contribution >= 0.6 is 11.3 Å². The fraction of sp³-hybridized carbons (Fsp3) is 0.263. The molecule has 130 valence electrons. The molecule has 1 saturated carbocycles. The van der Waals surface area contributed by atoms with Crippen LogP contribution in [-0.4, -0.2) is 23.7 Å². The topological polar surface area (TPSA) is 66.8 Å². The number of carboxylic acid groups (broad SMARTS) is 1. The first-order valence-electron chi connectivity index (χ1n) is 8.12. The van der Waals surface area contributed by atoms with Gasteiger partial charge in [0.05, 0.1) is 5.69 Å². The van der Waals surface area contributed by atoms with Crippen LogP contribution in [-0.2, 0) is 4.79 Å². The summed E-state index contributed by atoms with van der Waals surface area (Å²) in [4.78, 5) is 26.3. The van der Waals surface area contributed by atoms with Gasteiger partial charge in [-0.2, -0.15) is 0 Å². The van der Waals surface area contributed by atoms with Gasteiger partial charge >= 0.3 is 6.16 Å². The van der Waals surface area contributed by atoms with Crippen LogP contribution < -0.4 is 9.64 Å². The summed E-state index contributed by atoms with van der Waals surface area (Å²) in [6.07, 6.45) is 3.04. The van der Waals surface area contributed by atoms with E-state index >= 15 is 0 Å². The van der Waals surface area contributed by atoms with Crippen molar-refractivity contribution in [1.82, 2.24) is 0 Å². The zero-order valence-corrected chi connectivity index (χ0v) is 14.5. The predicted molar refractivity (Wildman–Crippen MR) is 98.3 cm³/mol. The second-order valence-corrected chi connectivity index (χ2v) is 6.90. The molecule has 1 heterocycles. The lowest BCUT2D eigenvalue weighted by Gasteiger charge is -2.30. The number of hydrogen-bond donors (Lipinski definition) is 1. The van der Waals surface area contributed by atoms with E-state index in [0.717, 1.165) is 29.7 Å². The molecular weight excluding hydrogens is 338 g/mol. The zero-order valence-electron chi connectivity index (χ0n) is 13.7. The van der Waals surface area contributed by atoms with E-state index in [1.165, 1.54) is 11.3 Å². The Morgan fingerprint density at radius 3 is 2.60 bits per heavy atom. The molecule has 1 aromatic carbocycles. The average molecular weight is 357 g/mol. The quantitative estimate of drug-likeness (QED) is 0.596. The van der Waals surface area contributed by atoms with Crippen molar-refractivity contribution in [2.45, 2.75) is 19.3 Å². The number of ether oxygens (including phenoxy) is 1. The molecule has 0 unspecified atom stereocenters. The minimum absolute atomic E-state index is 0.00111. The molecule has 6 heteroatoms. The van der Waals surface area contributed by atoms with Gasteiger partial charge in [-0.3, -0.25) is 4.79 Å². The molecule has 0 aliphatic heterocycles. The Labute approximate surface area is 150 Å². The monoisotopic (exact) mass is 357 g/mol. The standard InChI is InChI=1S/C19H19NO4S/c1-2-11-20(17(21)14-9-6-10-14)15-12-16(13-7-4-3-5-8-13)25-18(15)24-19(22)23/h2-5,7-8,12,14H,1,6,9-11H2,(H,22,23). The molecule has 0 radical (unpaired) electrons. The molecule has 1 amide bonds. The lowest BCUT2D eigenvalue weighted by atomic mass is 9.84. The molecular formula is C19H19NO4S. The summed E-state index contributed by atoms with van der Waals surface area (Å²) in [5.41, 5.74) is 1.44. The highest BCUT2D eigenvalue weighted by Gasteiger charge is 2.32. The van der Waals surface area contributed by atoms with Crippen LogP contribution in [0.25, 0.3) is 10.4 Å². The number of carbonyl (C=O) groups excluding carboxylic acids is 1. The summed E-state index contributed by atoms with van der Waals surface area (Å²) in [7, 11) is 0. The first kappa shape index (κ1) is 17.2. The van der Waals surface area contributed by atoms with Gasteiger partial charge in [-0.25, -0.2) is 4.79 Å². The van der Waals surface area contributed by atoms with E-state index in [1.807, 2.05) is 36.4 Å². The molecule has 1 aliphatic rings. The number of hydrogen-bond acceptors (Lipinski definition) is 4. The highest BCUT2D eigenvalue weighted by Crippen LogP contribution is 2.44. The fourth-order valence-corrected chi connectivity index (χ4v) is 3.77. The molecule has 1 aliphatic carbocycles. The molecule has 5 nitrogen and oxygen atoms in total. The summed E-state index contributed by atoms with van der Waals surface area (Å²) in [6, 6.07) is 11.4. The Morgan fingerprint density at radius 2 is 2.04 bits per heavy atom. The van der Waals surface area contributed by atoms with Crippen LogP contribution in [0.5, 0.6) is 5.06 Å². The fourth-order valence-electron chi connectivity index (χ4n) is 2.76. The van der Waals surface area contributed by atoms with E-state index < -0.39 is 6.16 Å². The van der Waals surface area contributed by atoms with Gasteiger partial charge in [0, 0.05) is 17.3 Å². The number of carbonyl (C=O) groups is 2. The van der Waals surface area contributed by atoms with Gasteiger partial charge in [0.25, 0.3) is 0 Å². The summed E-state index contributed by atoms with van der Waals surface area (Å²) in [5.74, 6) is -0.00324. The van der Waals surface area contributed by atoms with Gasteiger partial charge in [-0.05, 0) is 24.5 Å². The van der Waals surface area contributed by atoms with Gasteiger partial charge in [0.15, 0.2) is 0 Å². The van der Waals surface area contributed by atoms with Crippen molar-refractivity contribution in [2.75, 3.05) is 11.4 Å². The first-order valence-corrected chi connectivity index (χ1v) is 8.94. The second-order valence-electron chi connectivity index (χ2n) is 5.88. The smallest absolute Gasteiger partial charge is 0.449 e. The Hall–Kier alpha value is -2.60. The summed E-state index contributed by atoms with van der Waals surface area (Å²) >= 11 is 1.22. The van der Waals surface area contributed by atoms with Crippen LogP contribution in [0.3, 0.4) is 0 Å². The van der Waals surface area contributed by atoms with E-state index in [-0.39, 0.29) is 16.9 Å². The van der Waals surface area contributed by atoms with Crippen LogP contribution in [0.4, 0.5) is 10.5 Å². The molecule has 2 aromatic rings. The average Bonchev–Trinajstić information content (AvgIpc) is 2.94. The van der Waals surface area contributed by atoms with E-state index in [0.29, 0.717) is 12.2 Å². The number of anilines is 1. The molecule has 1 aromatic heterocycles. The summed E-state index contributed by atoms with van der Waals surface area (Å²) in [6.45, 7) is 4.04. The van der Waals surface area contributed by atoms with Gasteiger partial charge in [-0.1, -0.05) is 54.2 Å². The van der Waals surface area contributed by atoms with Crippen LogP contribution in [0, 0.1) is 5.92 Å². The molecule has 0 spiro atoms. The third-order valence-electron chi connectivity index (χ3n) is 4.24. The Balaban J connectivity index is 2.01. The van der Waals surface area contributed by atoms with E-state index in [2.05, 4.69) is 6.58 Å². The largest absolute Gasteiger partial charge is 0.512 e. The number of amides is 1. The van der Waals surface area contributed by atoms with Crippen molar-refractivity contribution in [3.8, 4) is 15.5 Å². The molecule has 1 fully saturated rings. The molecule has 0 bridgehead atoms. The SMILES string of the molecule is C=CCN(C(=O)C1CCC1)c1cc(-c2ccccc2)sc1OC(=O)O. The Bertz CT molecular complexity index is 780. The normalized spacial score (nSPS) is 13.8. The maximum atomic E-state index is 12.8. The van der Waals surface area contributed by atoms with Crippen LogP contribution in [0.2, 0.25) is 0 Å². The highest BCUT2D eigenvalue weighted by molar-refractivity contribution is 7.18. The van der Waals surface area contributed by atoms with Crippen molar-refractivity contribution in [3.05, 3.63) is 49.1 Å². The van der Waals surface area contributed by atoms with Crippen molar-refractivity contribution in [2.24, 2.45) is 5.92 Å². The van der Waals surface area contributed by atoms with Gasteiger partial charge in [0.1, 0.15) is 0 Å². The number of benzene rings is 1. The zero-order chi connectivity index (χ0) is 17.8. The molecule has 0 atom stereocenters. The van der Waals surface area contributed by atoms with Crippen molar-refractivity contribution >= 4 is 29.1 Å². The molecule has 3 rings (SSSR count). The highest BCUT2D eigenvalue weighted by atomic mass is 32.1. The van der Waals surface area contributed by atoms with Crippen molar-refractivity contribution in [3.63, 3.8) is 0 Å². The van der Waals surface area contributed by atoms with Crippen molar-refractivity contribution < 1.29 is 19.4 Å². The number of rotatable bonds is 6. The van der Waals surface area contributed by atoms with E-state index in [9.17, 15) is 9.59 Å². The van der Waals surface area contributed by atoms with Gasteiger partial charge in [0.2, 0.25) is 11.0 Å². The molecule has 0 saturated heterocycles. The Kier molecular flexibility index (Phi) is 5.19. The summed E-state index contributed by atoms with van der Waals surface area (Å²) < 4.78 is 4.96. The van der Waals surface area contributed by atoms with E-state index in [1.54, 1.807) is 11.0 Å².